The van der Waals surface area contributed by atoms with E-state index in [4.69, 9.17) is 32.7 Å². The van der Waals surface area contributed by atoms with Crippen molar-refractivity contribution in [3.05, 3.63) is 93.0 Å². The Kier molecular flexibility index (Phi) is 7.07. The molecule has 0 amide bonds. The smallest absolute Gasteiger partial charge is 0.339 e. The zero-order valence-corrected chi connectivity index (χ0v) is 17.1. The average Bonchev–Trinajstić information content (AvgIpc) is 2.69. The monoisotopic (exact) mass is 433 g/mol. The molecule has 29 heavy (non-hydrogen) atoms. The van der Waals surface area contributed by atoms with Crippen molar-refractivity contribution in [3.63, 3.8) is 0 Å². The molecule has 0 bridgehead atoms. The van der Waals surface area contributed by atoms with Crippen LogP contribution in [-0.2, 0) is 17.8 Å². The average molecular weight is 434 g/mol. The van der Waals surface area contributed by atoms with E-state index in [-0.39, 0.29) is 13.2 Å². The molecule has 4 nitrogen and oxygen atoms in total. The molecule has 0 saturated carbocycles. The topological polar surface area (TPSA) is 48.4 Å². The first-order valence-electron chi connectivity index (χ1n) is 8.92. The molecule has 0 saturated heterocycles. The minimum absolute atomic E-state index is 0.0404. The summed E-state index contributed by atoms with van der Waals surface area (Å²) >= 11 is 11.9. The van der Waals surface area contributed by atoms with Crippen molar-refractivity contribution in [1.29, 1.82) is 0 Å². The van der Waals surface area contributed by atoms with E-state index in [1.165, 1.54) is 12.3 Å². The van der Waals surface area contributed by atoms with Crippen LogP contribution in [0.4, 0.5) is 4.39 Å². The SMILES string of the molecule is CCOC(=O)c1cncc(Cc2cc(Cl)ccc2OCc2ccc(Cl)cc2F)c1. The second-order valence-electron chi connectivity index (χ2n) is 6.26. The number of benzene rings is 2. The van der Waals surface area contributed by atoms with Crippen molar-refractivity contribution in [3.8, 4) is 5.75 Å². The first-order chi connectivity index (χ1) is 14.0. The molecular weight excluding hydrogens is 416 g/mol. The maximum absolute atomic E-state index is 14.0. The molecule has 0 fully saturated rings. The molecule has 0 aliphatic heterocycles. The number of esters is 1. The molecule has 1 heterocycles. The fourth-order valence-corrected chi connectivity index (χ4v) is 3.10. The Morgan fingerprint density at radius 2 is 1.79 bits per heavy atom. The lowest BCUT2D eigenvalue weighted by Gasteiger charge is -2.13. The molecule has 0 spiro atoms. The number of rotatable bonds is 7. The van der Waals surface area contributed by atoms with Crippen LogP contribution >= 0.6 is 23.2 Å². The van der Waals surface area contributed by atoms with E-state index in [0.717, 1.165) is 11.1 Å². The molecule has 0 radical (unpaired) electrons. The number of hydrogen-bond acceptors (Lipinski definition) is 4. The van der Waals surface area contributed by atoms with E-state index >= 15 is 0 Å². The fraction of sp³-hybridized carbons (Fsp3) is 0.182. The molecule has 3 rings (SSSR count). The zero-order chi connectivity index (χ0) is 20.8. The van der Waals surface area contributed by atoms with Gasteiger partial charge in [-0.05, 0) is 48.9 Å². The maximum Gasteiger partial charge on any atom is 0.339 e. The third-order valence-electron chi connectivity index (χ3n) is 4.12. The highest BCUT2D eigenvalue weighted by Gasteiger charge is 2.12. The molecule has 2 aromatic carbocycles. The zero-order valence-electron chi connectivity index (χ0n) is 15.6. The molecule has 1 aromatic heterocycles. The summed E-state index contributed by atoms with van der Waals surface area (Å²) in [7, 11) is 0. The third kappa shape index (κ3) is 5.68. The lowest BCUT2D eigenvalue weighted by Crippen LogP contribution is -2.06. The van der Waals surface area contributed by atoms with E-state index in [1.807, 2.05) is 0 Å². The summed E-state index contributed by atoms with van der Waals surface area (Å²) in [5, 5.41) is 0.868. The van der Waals surface area contributed by atoms with E-state index in [2.05, 4.69) is 4.98 Å². The predicted molar refractivity (Wildman–Crippen MR) is 110 cm³/mol. The Morgan fingerprint density at radius 3 is 2.55 bits per heavy atom. The van der Waals surface area contributed by atoms with Gasteiger partial charge in [-0.15, -0.1) is 0 Å². The van der Waals surface area contributed by atoms with Crippen LogP contribution in [0, 0.1) is 5.82 Å². The number of ether oxygens (including phenoxy) is 2. The highest BCUT2D eigenvalue weighted by atomic mass is 35.5. The van der Waals surface area contributed by atoms with Gasteiger partial charge in [0, 0.05) is 40.0 Å². The molecule has 0 unspecified atom stereocenters. The first kappa shape index (κ1) is 21.1. The molecule has 0 aliphatic carbocycles. The van der Waals surface area contributed by atoms with Gasteiger partial charge >= 0.3 is 5.97 Å². The Labute approximate surface area is 178 Å². The van der Waals surface area contributed by atoms with Crippen LogP contribution in [0.3, 0.4) is 0 Å². The van der Waals surface area contributed by atoms with Crippen molar-refractivity contribution in [2.45, 2.75) is 20.0 Å². The van der Waals surface area contributed by atoms with Gasteiger partial charge < -0.3 is 9.47 Å². The Balaban J connectivity index is 1.80. The highest BCUT2D eigenvalue weighted by Crippen LogP contribution is 2.27. The van der Waals surface area contributed by atoms with Gasteiger partial charge in [0.25, 0.3) is 0 Å². The number of hydrogen-bond donors (Lipinski definition) is 0. The number of nitrogens with zero attached hydrogens (tertiary/aromatic N) is 1. The summed E-state index contributed by atoms with van der Waals surface area (Å²) in [6.45, 7) is 2.07. The van der Waals surface area contributed by atoms with Crippen molar-refractivity contribution in [1.82, 2.24) is 4.98 Å². The lowest BCUT2D eigenvalue weighted by atomic mass is 10.0. The molecule has 0 aliphatic rings. The number of aromatic nitrogens is 1. The molecule has 0 atom stereocenters. The van der Waals surface area contributed by atoms with Crippen LogP contribution in [0.15, 0.2) is 54.9 Å². The van der Waals surface area contributed by atoms with Gasteiger partial charge in [-0.25, -0.2) is 9.18 Å². The normalized spacial score (nSPS) is 10.6. The summed E-state index contributed by atoms with van der Waals surface area (Å²) in [6, 6.07) is 11.4. The summed E-state index contributed by atoms with van der Waals surface area (Å²) in [5.74, 6) is -0.299. The minimum Gasteiger partial charge on any atom is -0.489 e. The van der Waals surface area contributed by atoms with Crippen LogP contribution in [0.2, 0.25) is 10.0 Å². The summed E-state index contributed by atoms with van der Waals surface area (Å²) in [5.41, 5.74) is 2.34. The Hall–Kier alpha value is -2.63. The van der Waals surface area contributed by atoms with Crippen molar-refractivity contribution in [2.75, 3.05) is 6.61 Å². The minimum atomic E-state index is -0.431. The predicted octanol–water partition coefficient (Wildman–Crippen LogP) is 5.87. The van der Waals surface area contributed by atoms with Crippen molar-refractivity contribution >= 4 is 29.2 Å². The second-order valence-corrected chi connectivity index (χ2v) is 7.13. The van der Waals surface area contributed by atoms with Gasteiger partial charge in [0.05, 0.1) is 12.2 Å². The maximum atomic E-state index is 14.0. The molecule has 7 heteroatoms. The fourth-order valence-electron chi connectivity index (χ4n) is 2.75. The first-order valence-corrected chi connectivity index (χ1v) is 9.68. The van der Waals surface area contributed by atoms with Gasteiger partial charge in [-0.1, -0.05) is 29.3 Å². The standard InChI is InChI=1S/C22H18Cl2FNO3/c1-2-28-22(27)17-8-14(11-26-12-17)7-16-9-18(23)5-6-21(16)29-13-15-3-4-19(24)10-20(15)25/h3-6,8-12H,2,7,13H2,1H3. The van der Waals surface area contributed by atoms with E-state index in [0.29, 0.717) is 33.3 Å². The second kappa shape index (κ2) is 9.72. The molecular formula is C22H18Cl2FNO3. The number of pyridine rings is 1. The quantitative estimate of drug-likeness (QED) is 0.436. The molecule has 0 N–H and O–H groups in total. The van der Waals surface area contributed by atoms with E-state index in [9.17, 15) is 9.18 Å². The highest BCUT2D eigenvalue weighted by molar-refractivity contribution is 6.30. The summed E-state index contributed by atoms with van der Waals surface area (Å²) in [4.78, 5) is 16.0. The van der Waals surface area contributed by atoms with Gasteiger partial charge in [0.1, 0.15) is 18.2 Å². The Morgan fingerprint density at radius 1 is 1.03 bits per heavy atom. The summed E-state index contributed by atoms with van der Waals surface area (Å²) in [6.07, 6.45) is 3.55. The van der Waals surface area contributed by atoms with Gasteiger partial charge in [-0.2, -0.15) is 0 Å². The van der Waals surface area contributed by atoms with Gasteiger partial charge in [-0.3, -0.25) is 4.98 Å². The van der Waals surface area contributed by atoms with Crippen LogP contribution in [-0.4, -0.2) is 17.6 Å². The number of halogens is 3. The van der Waals surface area contributed by atoms with Crippen molar-refractivity contribution in [2.24, 2.45) is 0 Å². The number of carbonyl (C=O) groups excluding carboxylic acids is 1. The van der Waals surface area contributed by atoms with E-state index < -0.39 is 11.8 Å². The molecule has 3 aromatic rings. The van der Waals surface area contributed by atoms with Gasteiger partial charge in [0.2, 0.25) is 0 Å². The lowest BCUT2D eigenvalue weighted by molar-refractivity contribution is 0.0525. The summed E-state index contributed by atoms with van der Waals surface area (Å²) < 4.78 is 24.9. The van der Waals surface area contributed by atoms with Crippen molar-refractivity contribution < 1.29 is 18.7 Å². The third-order valence-corrected chi connectivity index (χ3v) is 4.59. The van der Waals surface area contributed by atoms with Crippen LogP contribution < -0.4 is 4.74 Å². The Bertz CT molecular complexity index is 1030. The molecule has 150 valence electrons. The van der Waals surface area contributed by atoms with Crippen LogP contribution in [0.5, 0.6) is 5.75 Å². The van der Waals surface area contributed by atoms with Crippen LogP contribution in [0.25, 0.3) is 0 Å². The van der Waals surface area contributed by atoms with E-state index in [1.54, 1.807) is 49.5 Å². The largest absolute Gasteiger partial charge is 0.489 e. The number of carbonyl (C=O) groups is 1. The van der Waals surface area contributed by atoms with Crippen LogP contribution in [0.1, 0.15) is 34.0 Å². The van der Waals surface area contributed by atoms with Gasteiger partial charge in [0.15, 0.2) is 0 Å².